The van der Waals surface area contributed by atoms with Gasteiger partial charge in [-0.1, -0.05) is 0 Å². The number of hydrogen-bond donors (Lipinski definition) is 2. The van der Waals surface area contributed by atoms with E-state index < -0.39 is 0 Å². The highest BCUT2D eigenvalue weighted by Crippen LogP contribution is 2.27. The number of hydrogen-bond acceptors (Lipinski definition) is 2. The molecule has 0 radical (unpaired) electrons. The minimum absolute atomic E-state index is 0.0487. The molecule has 1 unspecified atom stereocenters. The molecule has 118 valence electrons. The molecule has 3 heterocycles. The van der Waals surface area contributed by atoms with E-state index in [2.05, 4.69) is 15.0 Å². The van der Waals surface area contributed by atoms with E-state index in [9.17, 15) is 9.18 Å². The summed E-state index contributed by atoms with van der Waals surface area (Å²) in [7, 11) is 0. The van der Waals surface area contributed by atoms with Crippen LogP contribution in [0.3, 0.4) is 0 Å². The fraction of sp³-hybridized carbons (Fsp3) is 0.294. The number of halogens is 1. The van der Waals surface area contributed by atoms with Crippen molar-refractivity contribution in [3.05, 3.63) is 53.5 Å². The molecule has 6 heteroatoms. The molecule has 4 rings (SSSR count). The van der Waals surface area contributed by atoms with Gasteiger partial charge in [-0.3, -0.25) is 4.79 Å². The second kappa shape index (κ2) is 5.22. The first kappa shape index (κ1) is 14.0. The van der Waals surface area contributed by atoms with Gasteiger partial charge in [-0.25, -0.2) is 9.37 Å². The zero-order valence-electron chi connectivity index (χ0n) is 12.8. The Morgan fingerprint density at radius 3 is 3.00 bits per heavy atom. The van der Waals surface area contributed by atoms with Gasteiger partial charge in [0.05, 0.1) is 0 Å². The topological polar surface area (TPSA) is 64.8 Å². The SMILES string of the molecule is Cc1cnc(C2CCN(C(=O)c3cc4cc(F)ccc4[nH]3)C2)[nH]1. The third-order valence-electron chi connectivity index (χ3n) is 4.40. The van der Waals surface area contributed by atoms with Crippen LogP contribution in [0.2, 0.25) is 0 Å². The lowest BCUT2D eigenvalue weighted by Gasteiger charge is -2.15. The third kappa shape index (κ3) is 2.50. The molecule has 5 nitrogen and oxygen atoms in total. The van der Waals surface area contributed by atoms with Crippen molar-refractivity contribution in [1.82, 2.24) is 19.9 Å². The average Bonchev–Trinajstić information content (AvgIpc) is 3.23. The Morgan fingerprint density at radius 2 is 2.22 bits per heavy atom. The minimum atomic E-state index is -0.301. The number of benzene rings is 1. The number of aromatic nitrogens is 3. The molecular weight excluding hydrogens is 295 g/mol. The van der Waals surface area contributed by atoms with E-state index in [1.54, 1.807) is 12.1 Å². The molecule has 1 atom stereocenters. The van der Waals surface area contributed by atoms with Gasteiger partial charge < -0.3 is 14.9 Å². The lowest BCUT2D eigenvalue weighted by molar-refractivity contribution is 0.0785. The van der Waals surface area contributed by atoms with Crippen molar-refractivity contribution in [2.24, 2.45) is 0 Å². The molecule has 1 amide bonds. The minimum Gasteiger partial charge on any atom is -0.351 e. The van der Waals surface area contributed by atoms with Gasteiger partial charge in [0.15, 0.2) is 0 Å². The summed E-state index contributed by atoms with van der Waals surface area (Å²) in [6.45, 7) is 3.32. The molecule has 0 aliphatic carbocycles. The summed E-state index contributed by atoms with van der Waals surface area (Å²) < 4.78 is 13.3. The number of nitrogens with zero attached hydrogens (tertiary/aromatic N) is 2. The van der Waals surface area contributed by atoms with Gasteiger partial charge in [-0.15, -0.1) is 0 Å². The molecule has 0 bridgehead atoms. The number of carbonyl (C=O) groups is 1. The zero-order chi connectivity index (χ0) is 16.0. The van der Waals surface area contributed by atoms with Gasteiger partial charge in [0, 0.05) is 41.8 Å². The van der Waals surface area contributed by atoms with Crippen LogP contribution in [0.1, 0.15) is 34.3 Å². The van der Waals surface area contributed by atoms with Gasteiger partial charge in [0.2, 0.25) is 0 Å². The van der Waals surface area contributed by atoms with Crippen LogP contribution in [-0.2, 0) is 0 Å². The number of carbonyl (C=O) groups excluding carboxylic acids is 1. The maximum Gasteiger partial charge on any atom is 0.270 e. The smallest absolute Gasteiger partial charge is 0.270 e. The van der Waals surface area contributed by atoms with Crippen molar-refractivity contribution in [3.63, 3.8) is 0 Å². The van der Waals surface area contributed by atoms with Crippen molar-refractivity contribution in [2.75, 3.05) is 13.1 Å². The highest BCUT2D eigenvalue weighted by molar-refractivity contribution is 5.98. The standard InChI is InChI=1S/C17H17FN4O/c1-10-8-19-16(20-10)11-4-5-22(9-11)17(23)15-7-12-6-13(18)2-3-14(12)21-15/h2-3,6-8,11,21H,4-5,9H2,1H3,(H,19,20). The van der Waals surface area contributed by atoms with Crippen molar-refractivity contribution in [2.45, 2.75) is 19.3 Å². The first-order chi connectivity index (χ1) is 11.1. The Balaban J connectivity index is 1.54. The maximum absolute atomic E-state index is 13.3. The molecule has 1 fully saturated rings. The number of fused-ring (bicyclic) bond motifs is 1. The van der Waals surface area contributed by atoms with E-state index in [-0.39, 0.29) is 17.6 Å². The third-order valence-corrected chi connectivity index (χ3v) is 4.40. The average molecular weight is 312 g/mol. The van der Waals surface area contributed by atoms with Crippen LogP contribution in [0.4, 0.5) is 4.39 Å². The number of likely N-dealkylation sites (tertiary alicyclic amines) is 1. The molecule has 3 aromatic rings. The summed E-state index contributed by atoms with van der Waals surface area (Å²) in [6, 6.07) is 6.18. The molecule has 2 N–H and O–H groups in total. The molecule has 1 aromatic carbocycles. The maximum atomic E-state index is 13.3. The predicted octanol–water partition coefficient (Wildman–Crippen LogP) is 2.97. The summed E-state index contributed by atoms with van der Waals surface area (Å²) in [5.74, 6) is 0.836. The second-order valence-corrected chi connectivity index (χ2v) is 6.10. The van der Waals surface area contributed by atoms with E-state index in [4.69, 9.17) is 0 Å². The largest absolute Gasteiger partial charge is 0.351 e. The monoisotopic (exact) mass is 312 g/mol. The van der Waals surface area contributed by atoms with E-state index in [1.165, 1.54) is 12.1 Å². The summed E-state index contributed by atoms with van der Waals surface area (Å²) in [5, 5.41) is 0.714. The second-order valence-electron chi connectivity index (χ2n) is 6.10. The lowest BCUT2D eigenvalue weighted by atomic mass is 10.1. The summed E-state index contributed by atoms with van der Waals surface area (Å²) >= 11 is 0. The first-order valence-electron chi connectivity index (χ1n) is 7.69. The van der Waals surface area contributed by atoms with E-state index in [1.807, 2.05) is 18.0 Å². The summed E-state index contributed by atoms with van der Waals surface area (Å²) in [6.07, 6.45) is 2.71. The number of amides is 1. The predicted molar refractivity (Wildman–Crippen MR) is 84.8 cm³/mol. The van der Waals surface area contributed by atoms with Crippen molar-refractivity contribution in [1.29, 1.82) is 0 Å². The number of aromatic amines is 2. The number of rotatable bonds is 2. The summed E-state index contributed by atoms with van der Waals surface area (Å²) in [5.41, 5.74) is 2.30. The molecule has 2 aromatic heterocycles. The van der Waals surface area contributed by atoms with Crippen LogP contribution in [0, 0.1) is 12.7 Å². The summed E-state index contributed by atoms with van der Waals surface area (Å²) in [4.78, 5) is 25.2. The van der Waals surface area contributed by atoms with Crippen LogP contribution < -0.4 is 0 Å². The number of imidazole rings is 1. The fourth-order valence-corrected chi connectivity index (χ4v) is 3.20. The molecule has 0 spiro atoms. The molecule has 23 heavy (non-hydrogen) atoms. The van der Waals surface area contributed by atoms with Crippen LogP contribution in [0.5, 0.6) is 0 Å². The van der Waals surface area contributed by atoms with Gasteiger partial charge in [0.25, 0.3) is 5.91 Å². The number of aryl methyl sites for hydroxylation is 1. The van der Waals surface area contributed by atoms with Crippen molar-refractivity contribution >= 4 is 16.8 Å². The first-order valence-corrected chi connectivity index (χ1v) is 7.69. The Bertz CT molecular complexity index is 882. The van der Waals surface area contributed by atoms with Gasteiger partial charge in [0.1, 0.15) is 17.3 Å². The van der Waals surface area contributed by atoms with Gasteiger partial charge in [-0.05, 0) is 37.6 Å². The quantitative estimate of drug-likeness (QED) is 0.764. The molecule has 0 saturated carbocycles. The molecule has 1 aliphatic rings. The van der Waals surface area contributed by atoms with Crippen LogP contribution in [0.15, 0.2) is 30.5 Å². The highest BCUT2D eigenvalue weighted by atomic mass is 19.1. The van der Waals surface area contributed by atoms with Crippen LogP contribution in [-0.4, -0.2) is 38.8 Å². The van der Waals surface area contributed by atoms with Crippen LogP contribution >= 0.6 is 0 Å². The number of nitrogens with one attached hydrogen (secondary N) is 2. The Hall–Kier alpha value is -2.63. The molecule has 1 saturated heterocycles. The molecule has 1 aliphatic heterocycles. The van der Waals surface area contributed by atoms with E-state index in [0.717, 1.165) is 23.5 Å². The van der Waals surface area contributed by atoms with Crippen molar-refractivity contribution < 1.29 is 9.18 Å². The normalized spacial score (nSPS) is 18.0. The van der Waals surface area contributed by atoms with E-state index >= 15 is 0 Å². The van der Waals surface area contributed by atoms with Crippen LogP contribution in [0.25, 0.3) is 10.9 Å². The highest BCUT2D eigenvalue weighted by Gasteiger charge is 2.30. The van der Waals surface area contributed by atoms with Gasteiger partial charge in [-0.2, -0.15) is 0 Å². The van der Waals surface area contributed by atoms with Gasteiger partial charge >= 0.3 is 0 Å². The lowest BCUT2D eigenvalue weighted by Crippen LogP contribution is -2.28. The van der Waals surface area contributed by atoms with E-state index in [0.29, 0.717) is 24.2 Å². The zero-order valence-corrected chi connectivity index (χ0v) is 12.8. The molecular formula is C17H17FN4O. The Kier molecular flexibility index (Phi) is 3.18. The Morgan fingerprint density at radius 1 is 1.35 bits per heavy atom. The van der Waals surface area contributed by atoms with Crippen molar-refractivity contribution in [3.8, 4) is 0 Å². The fourth-order valence-electron chi connectivity index (χ4n) is 3.20. The number of H-pyrrole nitrogens is 2. The Labute approximate surface area is 132 Å².